The van der Waals surface area contributed by atoms with Crippen molar-refractivity contribution in [1.82, 2.24) is 14.3 Å². The molecule has 2 aromatic heterocycles. The van der Waals surface area contributed by atoms with Gasteiger partial charge >= 0.3 is 5.97 Å². The molecule has 6 nitrogen and oxygen atoms in total. The molecular weight excluding hydrogens is 270 g/mol. The Kier molecular flexibility index (Phi) is 4.70. The summed E-state index contributed by atoms with van der Waals surface area (Å²) in [7, 11) is 1.36. The normalized spacial score (nSPS) is 11.0. The maximum Gasteiger partial charge on any atom is 0.319 e. The highest BCUT2D eigenvalue weighted by Crippen LogP contribution is 2.07. The van der Waals surface area contributed by atoms with Gasteiger partial charge in [-0.1, -0.05) is 13.0 Å². The fourth-order valence-electron chi connectivity index (χ4n) is 2.15. The topological polar surface area (TPSA) is 63.9 Å². The van der Waals surface area contributed by atoms with Crippen LogP contribution >= 0.6 is 0 Å². The van der Waals surface area contributed by atoms with Crippen LogP contribution in [0, 0.1) is 6.92 Å². The Balaban J connectivity index is 2.32. The Bertz CT molecular complexity index is 709. The summed E-state index contributed by atoms with van der Waals surface area (Å²) in [5.41, 5.74) is 2.12. The number of likely N-dealkylation sites (N-methyl/N-ethyl adjacent to an activating group) is 1. The molecule has 0 bridgehead atoms. The summed E-state index contributed by atoms with van der Waals surface area (Å²) in [4.78, 5) is 29.9. The van der Waals surface area contributed by atoms with E-state index < -0.39 is 0 Å². The number of methoxy groups -OCH3 is 1. The minimum atomic E-state index is -0.300. The average Bonchev–Trinajstić information content (AvgIpc) is 2.47. The highest BCUT2D eigenvalue weighted by atomic mass is 16.5. The van der Waals surface area contributed by atoms with Gasteiger partial charge in [0.15, 0.2) is 0 Å². The standard InChI is InChI=1S/C15H19N3O3/c1-4-17(10-14(20)21-3)9-12-8-13(19)18-7-5-6-11(2)15(18)16-12/h5-8H,4,9-10H2,1-3H3. The van der Waals surface area contributed by atoms with E-state index in [2.05, 4.69) is 9.72 Å². The molecule has 2 aromatic rings. The van der Waals surface area contributed by atoms with Crippen LogP contribution in [0.3, 0.4) is 0 Å². The number of rotatable bonds is 5. The number of hydrogen-bond acceptors (Lipinski definition) is 5. The zero-order chi connectivity index (χ0) is 15.4. The summed E-state index contributed by atoms with van der Waals surface area (Å²) in [5, 5.41) is 0. The lowest BCUT2D eigenvalue weighted by atomic mass is 10.2. The quantitative estimate of drug-likeness (QED) is 0.768. The molecule has 0 N–H and O–H groups in total. The number of ether oxygens (including phenoxy) is 1. The number of fused-ring (bicyclic) bond motifs is 1. The first-order chi connectivity index (χ1) is 10.0. The number of hydrogen-bond donors (Lipinski definition) is 0. The predicted molar refractivity (Wildman–Crippen MR) is 79.2 cm³/mol. The van der Waals surface area contributed by atoms with Crippen LogP contribution in [0.1, 0.15) is 18.2 Å². The third-order valence-corrected chi connectivity index (χ3v) is 3.35. The molecule has 0 spiro atoms. The Morgan fingerprint density at radius 3 is 2.90 bits per heavy atom. The molecule has 0 aliphatic heterocycles. The SMILES string of the molecule is CCN(CC(=O)OC)Cc1cc(=O)n2cccc(C)c2n1. The molecule has 0 aliphatic carbocycles. The van der Waals surface area contributed by atoms with Crippen molar-refractivity contribution < 1.29 is 9.53 Å². The van der Waals surface area contributed by atoms with Gasteiger partial charge in [-0.15, -0.1) is 0 Å². The molecule has 0 saturated carbocycles. The molecule has 6 heteroatoms. The number of aromatic nitrogens is 2. The molecular formula is C15H19N3O3. The van der Waals surface area contributed by atoms with Crippen LogP contribution in [0.5, 0.6) is 0 Å². The second-order valence-corrected chi connectivity index (χ2v) is 4.85. The van der Waals surface area contributed by atoms with Crippen molar-refractivity contribution in [3.63, 3.8) is 0 Å². The van der Waals surface area contributed by atoms with Gasteiger partial charge in [-0.25, -0.2) is 4.98 Å². The zero-order valence-electron chi connectivity index (χ0n) is 12.5. The lowest BCUT2D eigenvalue weighted by Gasteiger charge is -2.18. The number of pyridine rings is 1. The number of carbonyl (C=O) groups is 1. The van der Waals surface area contributed by atoms with Crippen LogP contribution in [0.4, 0.5) is 0 Å². The van der Waals surface area contributed by atoms with Gasteiger partial charge in [0.25, 0.3) is 5.56 Å². The summed E-state index contributed by atoms with van der Waals surface area (Å²) >= 11 is 0. The van der Waals surface area contributed by atoms with Crippen molar-refractivity contribution in [2.75, 3.05) is 20.2 Å². The van der Waals surface area contributed by atoms with E-state index in [0.29, 0.717) is 24.4 Å². The highest BCUT2D eigenvalue weighted by molar-refractivity contribution is 5.71. The van der Waals surface area contributed by atoms with E-state index in [1.807, 2.05) is 30.9 Å². The summed E-state index contributed by atoms with van der Waals surface area (Å²) < 4.78 is 6.19. The molecule has 0 aliphatic rings. The molecule has 0 radical (unpaired) electrons. The van der Waals surface area contributed by atoms with Crippen LogP contribution in [0.15, 0.2) is 29.2 Å². The first-order valence-corrected chi connectivity index (χ1v) is 6.82. The first-order valence-electron chi connectivity index (χ1n) is 6.82. The van der Waals surface area contributed by atoms with E-state index in [1.54, 1.807) is 6.20 Å². The molecule has 0 aromatic carbocycles. The molecule has 0 unspecified atom stereocenters. The highest BCUT2D eigenvalue weighted by Gasteiger charge is 2.12. The summed E-state index contributed by atoms with van der Waals surface area (Å²) in [6.45, 7) is 5.15. The van der Waals surface area contributed by atoms with Crippen LogP contribution in [0.2, 0.25) is 0 Å². The molecule has 0 amide bonds. The Hall–Kier alpha value is -2.21. The lowest BCUT2D eigenvalue weighted by molar-refractivity contribution is -0.142. The Morgan fingerprint density at radius 2 is 2.24 bits per heavy atom. The van der Waals surface area contributed by atoms with Gasteiger partial charge in [-0.2, -0.15) is 0 Å². The van der Waals surface area contributed by atoms with Gasteiger partial charge in [0, 0.05) is 18.8 Å². The summed E-state index contributed by atoms with van der Waals surface area (Å²) in [6.07, 6.45) is 1.70. The van der Waals surface area contributed by atoms with Crippen molar-refractivity contribution in [2.45, 2.75) is 20.4 Å². The van der Waals surface area contributed by atoms with Crippen LogP contribution < -0.4 is 5.56 Å². The van der Waals surface area contributed by atoms with Crippen molar-refractivity contribution in [2.24, 2.45) is 0 Å². The zero-order valence-corrected chi connectivity index (χ0v) is 12.5. The monoisotopic (exact) mass is 289 g/mol. The van der Waals surface area contributed by atoms with E-state index in [9.17, 15) is 9.59 Å². The molecule has 112 valence electrons. The molecule has 2 rings (SSSR count). The second kappa shape index (κ2) is 6.49. The maximum absolute atomic E-state index is 12.1. The van der Waals surface area contributed by atoms with Crippen molar-refractivity contribution in [1.29, 1.82) is 0 Å². The van der Waals surface area contributed by atoms with Crippen molar-refractivity contribution in [3.8, 4) is 0 Å². The predicted octanol–water partition coefficient (Wildman–Crippen LogP) is 0.998. The van der Waals surface area contributed by atoms with Crippen LogP contribution in [-0.2, 0) is 16.1 Å². The fraction of sp³-hybridized carbons (Fsp3) is 0.400. The van der Waals surface area contributed by atoms with E-state index in [-0.39, 0.29) is 18.1 Å². The van der Waals surface area contributed by atoms with Gasteiger partial charge in [-0.3, -0.25) is 18.9 Å². The number of carbonyl (C=O) groups excluding carboxylic acids is 1. The molecule has 21 heavy (non-hydrogen) atoms. The second-order valence-electron chi connectivity index (χ2n) is 4.85. The Morgan fingerprint density at radius 1 is 1.48 bits per heavy atom. The number of esters is 1. The van der Waals surface area contributed by atoms with E-state index >= 15 is 0 Å². The first kappa shape index (κ1) is 15.2. The number of aryl methyl sites for hydroxylation is 1. The lowest BCUT2D eigenvalue weighted by Crippen LogP contribution is -2.31. The van der Waals surface area contributed by atoms with E-state index in [4.69, 9.17) is 0 Å². The largest absolute Gasteiger partial charge is 0.468 e. The van der Waals surface area contributed by atoms with E-state index in [1.165, 1.54) is 17.6 Å². The van der Waals surface area contributed by atoms with E-state index in [0.717, 1.165) is 5.56 Å². The van der Waals surface area contributed by atoms with Crippen molar-refractivity contribution in [3.05, 3.63) is 46.0 Å². The molecule has 0 fully saturated rings. The third kappa shape index (κ3) is 3.46. The Labute approximate surface area is 123 Å². The van der Waals surface area contributed by atoms with Crippen LogP contribution in [0.25, 0.3) is 5.65 Å². The molecule has 0 saturated heterocycles. The number of nitrogens with zero attached hydrogens (tertiary/aromatic N) is 3. The van der Waals surface area contributed by atoms with Gasteiger partial charge in [0.2, 0.25) is 0 Å². The fourth-order valence-corrected chi connectivity index (χ4v) is 2.15. The van der Waals surface area contributed by atoms with Gasteiger partial charge in [0.1, 0.15) is 5.65 Å². The van der Waals surface area contributed by atoms with Gasteiger partial charge < -0.3 is 4.74 Å². The van der Waals surface area contributed by atoms with Crippen LogP contribution in [-0.4, -0.2) is 40.5 Å². The maximum atomic E-state index is 12.1. The summed E-state index contributed by atoms with van der Waals surface area (Å²) in [5.74, 6) is -0.300. The van der Waals surface area contributed by atoms with Crippen molar-refractivity contribution >= 4 is 11.6 Å². The molecule has 0 atom stereocenters. The van der Waals surface area contributed by atoms with Gasteiger partial charge in [-0.05, 0) is 25.1 Å². The summed E-state index contributed by atoms with van der Waals surface area (Å²) in [6, 6.07) is 5.24. The van der Waals surface area contributed by atoms with Gasteiger partial charge in [0.05, 0.1) is 19.3 Å². The smallest absolute Gasteiger partial charge is 0.319 e. The third-order valence-electron chi connectivity index (χ3n) is 3.35. The molecule has 2 heterocycles. The average molecular weight is 289 g/mol. The minimum absolute atomic E-state index is 0.118. The minimum Gasteiger partial charge on any atom is -0.468 e.